The van der Waals surface area contributed by atoms with Crippen LogP contribution < -0.4 is 0 Å². The molecule has 0 heterocycles. The number of rotatable bonds is 2. The van der Waals surface area contributed by atoms with E-state index >= 15 is 0 Å². The molecule has 1 unspecified atom stereocenters. The molecule has 0 aliphatic carbocycles. The molecule has 5 heteroatoms. The minimum atomic E-state index is -2.06. The lowest BCUT2D eigenvalue weighted by Crippen LogP contribution is -2.11. The molecule has 0 N–H and O–H groups in total. The molecule has 74 valence electrons. The highest BCUT2D eigenvalue weighted by Crippen LogP contribution is 2.31. The van der Waals surface area contributed by atoms with Crippen LogP contribution in [-0.2, 0) is 10.6 Å². The summed E-state index contributed by atoms with van der Waals surface area (Å²) in [6.07, 6.45) is 1.19. The van der Waals surface area contributed by atoms with Gasteiger partial charge in [-0.2, -0.15) is 4.99 Å². The Kier molecular flexibility index (Phi) is 3.43. The van der Waals surface area contributed by atoms with E-state index in [-0.39, 0.29) is 5.56 Å². The zero-order valence-electron chi connectivity index (χ0n) is 7.22. The first-order valence-electron chi connectivity index (χ1n) is 3.71. The van der Waals surface area contributed by atoms with Crippen molar-refractivity contribution in [2.24, 2.45) is 4.99 Å². The van der Waals surface area contributed by atoms with E-state index in [4.69, 9.17) is 11.6 Å². The molecule has 0 aliphatic rings. The molecule has 0 bridgehead atoms. The number of benzene rings is 1. The number of halogens is 3. The minimum Gasteiger partial charge on any atom is -0.212 e. The monoisotopic (exact) mass is 277 g/mol. The van der Waals surface area contributed by atoms with Crippen molar-refractivity contribution in [2.45, 2.75) is 12.7 Å². The smallest absolute Gasteiger partial charge is 0.212 e. The molecule has 14 heavy (non-hydrogen) atoms. The molecule has 0 aromatic heterocycles. The van der Waals surface area contributed by atoms with E-state index in [2.05, 4.69) is 20.9 Å². The van der Waals surface area contributed by atoms with Crippen molar-refractivity contribution >= 4 is 33.6 Å². The second-order valence-corrected chi connectivity index (χ2v) is 4.05. The maximum atomic E-state index is 13.6. The zero-order chi connectivity index (χ0) is 10.8. The molecule has 1 rings (SSSR count). The number of aliphatic imine (C=N–C) groups is 1. The first-order chi connectivity index (χ1) is 6.47. The lowest BCUT2D eigenvalue weighted by molar-refractivity contribution is 0.206. The van der Waals surface area contributed by atoms with Gasteiger partial charge in [0.1, 0.15) is 0 Å². The Morgan fingerprint density at radius 2 is 2.29 bits per heavy atom. The molecule has 2 nitrogen and oxygen atoms in total. The molecule has 0 saturated heterocycles. The first-order valence-corrected chi connectivity index (χ1v) is 4.88. The van der Waals surface area contributed by atoms with Crippen LogP contribution in [0.1, 0.15) is 12.5 Å². The largest absolute Gasteiger partial charge is 0.238 e. The number of nitrogens with zero attached hydrogens (tertiary/aromatic N) is 1. The normalized spacial score (nSPS) is 14.3. The summed E-state index contributed by atoms with van der Waals surface area (Å²) in [5.41, 5.74) is 0.247. The van der Waals surface area contributed by atoms with Gasteiger partial charge in [-0.1, -0.05) is 17.7 Å². The summed E-state index contributed by atoms with van der Waals surface area (Å²) in [6, 6.07) is 4.47. The van der Waals surface area contributed by atoms with E-state index in [0.717, 1.165) is 0 Å². The van der Waals surface area contributed by atoms with Gasteiger partial charge in [0.25, 0.3) is 0 Å². The molecular weight excluding hydrogens is 272 g/mol. The van der Waals surface area contributed by atoms with Crippen LogP contribution in [0.4, 0.5) is 4.39 Å². The van der Waals surface area contributed by atoms with Gasteiger partial charge >= 0.3 is 0 Å². The number of hydrogen-bond acceptors (Lipinski definition) is 2. The highest BCUT2D eigenvalue weighted by atomic mass is 79.9. The van der Waals surface area contributed by atoms with E-state index in [9.17, 15) is 9.18 Å². The number of hydrogen-bond donors (Lipinski definition) is 0. The van der Waals surface area contributed by atoms with Crippen LogP contribution in [0.25, 0.3) is 0 Å². The minimum absolute atomic E-state index is 0.247. The number of alkyl halides is 1. The Balaban J connectivity index is 3.20. The second-order valence-electron chi connectivity index (χ2n) is 2.79. The lowest BCUT2D eigenvalue weighted by atomic mass is 10.1. The highest BCUT2D eigenvalue weighted by molar-refractivity contribution is 9.10. The van der Waals surface area contributed by atoms with Crippen molar-refractivity contribution < 1.29 is 9.18 Å². The average molecular weight is 279 g/mol. The van der Waals surface area contributed by atoms with Crippen LogP contribution in [0.2, 0.25) is 5.02 Å². The standard InChI is InChI=1S/C9H6BrClFNO/c1-9(12,13-5-14)6-2-3-8(11)7(10)4-6/h2-4H,1H3. The van der Waals surface area contributed by atoms with Crippen molar-refractivity contribution in [3.63, 3.8) is 0 Å². The maximum Gasteiger partial charge on any atom is 0.238 e. The van der Waals surface area contributed by atoms with Crippen molar-refractivity contribution in [3.8, 4) is 0 Å². The van der Waals surface area contributed by atoms with Crippen molar-refractivity contribution in [1.29, 1.82) is 0 Å². The van der Waals surface area contributed by atoms with Gasteiger partial charge in [-0.15, -0.1) is 0 Å². The predicted molar refractivity (Wildman–Crippen MR) is 55.7 cm³/mol. The van der Waals surface area contributed by atoms with E-state index in [0.29, 0.717) is 9.50 Å². The zero-order valence-corrected chi connectivity index (χ0v) is 9.56. The van der Waals surface area contributed by atoms with Gasteiger partial charge in [0.15, 0.2) is 0 Å². The quantitative estimate of drug-likeness (QED) is 0.462. The summed E-state index contributed by atoms with van der Waals surface area (Å²) in [7, 11) is 0. The molecule has 0 radical (unpaired) electrons. The summed E-state index contributed by atoms with van der Waals surface area (Å²) in [5, 5.41) is 0.472. The molecule has 1 atom stereocenters. The Morgan fingerprint density at radius 1 is 1.64 bits per heavy atom. The van der Waals surface area contributed by atoms with Crippen LogP contribution in [0.5, 0.6) is 0 Å². The second kappa shape index (κ2) is 4.22. The van der Waals surface area contributed by atoms with Gasteiger partial charge in [-0.05, 0) is 35.0 Å². The van der Waals surface area contributed by atoms with Gasteiger partial charge in [0, 0.05) is 10.0 Å². The number of carbonyl (C=O) groups excluding carboxylic acids is 1. The topological polar surface area (TPSA) is 29.4 Å². The predicted octanol–water partition coefficient (Wildman–Crippen LogP) is 3.58. The summed E-state index contributed by atoms with van der Waals surface area (Å²) >= 11 is 8.88. The molecule has 1 aromatic carbocycles. The summed E-state index contributed by atoms with van der Waals surface area (Å²) in [5.74, 6) is -2.06. The van der Waals surface area contributed by atoms with Crippen LogP contribution >= 0.6 is 27.5 Å². The Bertz CT molecular complexity index is 402. The maximum absolute atomic E-state index is 13.6. The van der Waals surface area contributed by atoms with Gasteiger partial charge in [0.2, 0.25) is 11.9 Å². The summed E-state index contributed by atoms with van der Waals surface area (Å²) < 4.78 is 14.2. The third-order valence-electron chi connectivity index (χ3n) is 1.70. The fraction of sp³-hybridized carbons (Fsp3) is 0.222. The van der Waals surface area contributed by atoms with Gasteiger partial charge in [0.05, 0.1) is 5.02 Å². The SMILES string of the molecule is CC(F)(N=C=O)c1ccc(Cl)c(Br)c1. The van der Waals surface area contributed by atoms with E-state index in [1.807, 2.05) is 0 Å². The third kappa shape index (κ3) is 2.41. The highest BCUT2D eigenvalue weighted by Gasteiger charge is 2.25. The molecular formula is C9H6BrClFNO. The molecule has 0 saturated carbocycles. The van der Waals surface area contributed by atoms with Crippen molar-refractivity contribution in [2.75, 3.05) is 0 Å². The van der Waals surface area contributed by atoms with Crippen LogP contribution in [0.3, 0.4) is 0 Å². The molecule has 0 aliphatic heterocycles. The fourth-order valence-corrected chi connectivity index (χ4v) is 1.43. The van der Waals surface area contributed by atoms with Crippen molar-refractivity contribution in [3.05, 3.63) is 33.3 Å². The van der Waals surface area contributed by atoms with Gasteiger partial charge in [-0.25, -0.2) is 9.18 Å². The average Bonchev–Trinajstić information content (AvgIpc) is 2.09. The fourth-order valence-electron chi connectivity index (χ4n) is 0.930. The lowest BCUT2D eigenvalue weighted by Gasteiger charge is -2.13. The van der Waals surface area contributed by atoms with E-state index in [1.54, 1.807) is 0 Å². The molecule has 1 aromatic rings. The summed E-state index contributed by atoms with van der Waals surface area (Å²) in [6.45, 7) is 1.17. The Labute approximate surface area is 93.9 Å². The van der Waals surface area contributed by atoms with Crippen LogP contribution in [0.15, 0.2) is 27.7 Å². The Hall–Kier alpha value is -0.700. The van der Waals surface area contributed by atoms with Gasteiger partial charge < -0.3 is 0 Å². The Morgan fingerprint density at radius 3 is 2.79 bits per heavy atom. The third-order valence-corrected chi connectivity index (χ3v) is 2.92. The van der Waals surface area contributed by atoms with Crippen LogP contribution in [0, 0.1) is 0 Å². The summed E-state index contributed by atoms with van der Waals surface area (Å²) in [4.78, 5) is 13.0. The van der Waals surface area contributed by atoms with E-state index in [1.165, 1.54) is 31.2 Å². The molecule has 0 fully saturated rings. The molecule has 0 amide bonds. The number of isocyanates is 1. The van der Waals surface area contributed by atoms with Crippen LogP contribution in [-0.4, -0.2) is 6.08 Å². The van der Waals surface area contributed by atoms with Crippen molar-refractivity contribution in [1.82, 2.24) is 0 Å². The molecule has 0 spiro atoms. The first kappa shape index (κ1) is 11.4. The van der Waals surface area contributed by atoms with Gasteiger partial charge in [-0.3, -0.25) is 0 Å². The van der Waals surface area contributed by atoms with E-state index < -0.39 is 5.79 Å².